The van der Waals surface area contributed by atoms with Gasteiger partial charge < -0.3 is 20.3 Å². The number of anilines is 2. The monoisotopic (exact) mass is 282 g/mol. The van der Waals surface area contributed by atoms with Gasteiger partial charge in [-0.05, 0) is 5.92 Å². The topological polar surface area (TPSA) is 92.3 Å². The van der Waals surface area contributed by atoms with Crippen molar-refractivity contribution in [2.75, 3.05) is 44.5 Å². The molecule has 0 spiro atoms. The molecule has 8 heteroatoms. The highest BCUT2D eigenvalue weighted by Crippen LogP contribution is 2.12. The summed E-state index contributed by atoms with van der Waals surface area (Å²) >= 11 is 0. The normalized spacial score (nSPS) is 10.3. The van der Waals surface area contributed by atoms with E-state index < -0.39 is 0 Å². The van der Waals surface area contributed by atoms with E-state index in [0.29, 0.717) is 24.4 Å². The van der Waals surface area contributed by atoms with Gasteiger partial charge in [0.2, 0.25) is 17.8 Å². The molecule has 0 saturated carbocycles. The number of rotatable bonds is 7. The minimum absolute atomic E-state index is 0.0772. The van der Waals surface area contributed by atoms with Gasteiger partial charge in [0, 0.05) is 20.6 Å². The number of aromatic nitrogens is 3. The third kappa shape index (κ3) is 4.87. The maximum Gasteiger partial charge on any atom is 0.322 e. The van der Waals surface area contributed by atoms with E-state index in [1.165, 1.54) is 7.11 Å². The van der Waals surface area contributed by atoms with Crippen molar-refractivity contribution in [2.45, 2.75) is 13.8 Å². The van der Waals surface area contributed by atoms with Crippen molar-refractivity contribution < 1.29 is 9.53 Å². The number of ether oxygens (including phenoxy) is 1. The predicted molar refractivity (Wildman–Crippen MR) is 77.0 cm³/mol. The Morgan fingerprint density at radius 3 is 2.60 bits per heavy atom. The van der Waals surface area contributed by atoms with Gasteiger partial charge in [-0.25, -0.2) is 0 Å². The summed E-state index contributed by atoms with van der Waals surface area (Å²) in [5.74, 6) is 1.10. The fourth-order valence-electron chi connectivity index (χ4n) is 1.38. The van der Waals surface area contributed by atoms with Crippen molar-refractivity contribution >= 4 is 17.8 Å². The molecule has 1 heterocycles. The summed E-state index contributed by atoms with van der Waals surface area (Å²) in [6.45, 7) is 4.90. The van der Waals surface area contributed by atoms with Crippen molar-refractivity contribution in [1.82, 2.24) is 20.3 Å². The van der Waals surface area contributed by atoms with Gasteiger partial charge in [-0.15, -0.1) is 0 Å². The first-order chi connectivity index (χ1) is 9.46. The van der Waals surface area contributed by atoms with Gasteiger partial charge in [-0.3, -0.25) is 4.79 Å². The highest BCUT2D eigenvalue weighted by molar-refractivity contribution is 5.80. The van der Waals surface area contributed by atoms with E-state index >= 15 is 0 Å². The van der Waals surface area contributed by atoms with E-state index in [4.69, 9.17) is 4.74 Å². The first kappa shape index (κ1) is 15.9. The maximum absolute atomic E-state index is 11.8. The van der Waals surface area contributed by atoms with Crippen LogP contribution in [0.2, 0.25) is 0 Å². The molecule has 0 aliphatic rings. The Morgan fingerprint density at radius 2 is 2.05 bits per heavy atom. The second kappa shape index (κ2) is 7.46. The number of likely N-dealkylation sites (N-methyl/N-ethyl adjacent to an activating group) is 1. The van der Waals surface area contributed by atoms with Crippen LogP contribution in [-0.4, -0.2) is 55.2 Å². The van der Waals surface area contributed by atoms with Crippen LogP contribution in [0.15, 0.2) is 0 Å². The van der Waals surface area contributed by atoms with Crippen molar-refractivity contribution in [3.05, 3.63) is 0 Å². The average Bonchev–Trinajstić information content (AvgIpc) is 2.44. The molecule has 0 aromatic carbocycles. The molecule has 8 nitrogen and oxygen atoms in total. The first-order valence-electron chi connectivity index (χ1n) is 6.42. The van der Waals surface area contributed by atoms with Crippen LogP contribution in [0.5, 0.6) is 6.01 Å². The Balaban J connectivity index is 2.71. The largest absolute Gasteiger partial charge is 0.467 e. The smallest absolute Gasteiger partial charge is 0.322 e. The lowest BCUT2D eigenvalue weighted by molar-refractivity contribution is -0.119. The number of nitrogens with zero attached hydrogens (tertiary/aromatic N) is 4. The van der Waals surface area contributed by atoms with Crippen LogP contribution in [0.1, 0.15) is 13.8 Å². The van der Waals surface area contributed by atoms with Gasteiger partial charge in [0.15, 0.2) is 0 Å². The molecule has 1 rings (SSSR count). The lowest BCUT2D eigenvalue weighted by Crippen LogP contribution is -2.37. The van der Waals surface area contributed by atoms with Gasteiger partial charge in [-0.1, -0.05) is 13.8 Å². The van der Waals surface area contributed by atoms with Gasteiger partial charge >= 0.3 is 6.01 Å². The van der Waals surface area contributed by atoms with Crippen molar-refractivity contribution in [2.24, 2.45) is 5.92 Å². The van der Waals surface area contributed by atoms with Crippen molar-refractivity contribution in [3.63, 3.8) is 0 Å². The zero-order valence-corrected chi connectivity index (χ0v) is 12.6. The van der Waals surface area contributed by atoms with Gasteiger partial charge in [0.1, 0.15) is 0 Å². The van der Waals surface area contributed by atoms with Crippen LogP contribution < -0.4 is 20.3 Å². The molecule has 0 saturated heterocycles. The lowest BCUT2D eigenvalue weighted by Gasteiger charge is -2.17. The molecule has 2 N–H and O–H groups in total. The molecule has 0 fully saturated rings. The van der Waals surface area contributed by atoms with E-state index in [1.807, 2.05) is 13.8 Å². The summed E-state index contributed by atoms with van der Waals surface area (Å²) in [4.78, 5) is 25.7. The Morgan fingerprint density at radius 1 is 1.35 bits per heavy atom. The SMILES string of the molecule is CNc1nc(OC)nc(N(C)CC(=O)NCC(C)C)n1. The maximum atomic E-state index is 11.8. The number of carbonyl (C=O) groups is 1. The number of methoxy groups -OCH3 is 1. The minimum atomic E-state index is -0.0772. The van der Waals surface area contributed by atoms with E-state index in [-0.39, 0.29) is 18.5 Å². The fraction of sp³-hybridized carbons (Fsp3) is 0.667. The van der Waals surface area contributed by atoms with Crippen molar-refractivity contribution in [1.29, 1.82) is 0 Å². The fourth-order valence-corrected chi connectivity index (χ4v) is 1.38. The Kier molecular flexibility index (Phi) is 5.95. The molecule has 0 aliphatic heterocycles. The van der Waals surface area contributed by atoms with Crippen LogP contribution in [0.3, 0.4) is 0 Å². The second-order valence-electron chi connectivity index (χ2n) is 4.75. The zero-order valence-electron chi connectivity index (χ0n) is 12.6. The Hall–Kier alpha value is -2.12. The van der Waals surface area contributed by atoms with E-state index in [9.17, 15) is 4.79 Å². The molecule has 1 amide bonds. The Labute approximate surface area is 119 Å². The third-order valence-corrected chi connectivity index (χ3v) is 2.44. The molecule has 0 atom stereocenters. The molecule has 112 valence electrons. The number of amides is 1. The summed E-state index contributed by atoms with van der Waals surface area (Å²) in [6, 6.07) is 0.203. The summed E-state index contributed by atoms with van der Waals surface area (Å²) in [7, 11) is 4.92. The molecule has 0 aliphatic carbocycles. The van der Waals surface area contributed by atoms with Crippen LogP contribution in [0.25, 0.3) is 0 Å². The molecular weight excluding hydrogens is 260 g/mol. The van der Waals surface area contributed by atoms with E-state index in [1.54, 1.807) is 19.0 Å². The molecular formula is C12H22N6O2. The van der Waals surface area contributed by atoms with Crippen LogP contribution in [0.4, 0.5) is 11.9 Å². The van der Waals surface area contributed by atoms with Crippen LogP contribution >= 0.6 is 0 Å². The van der Waals surface area contributed by atoms with Gasteiger partial charge in [0.05, 0.1) is 13.7 Å². The highest BCUT2D eigenvalue weighted by Gasteiger charge is 2.13. The lowest BCUT2D eigenvalue weighted by atomic mass is 10.2. The molecule has 0 bridgehead atoms. The van der Waals surface area contributed by atoms with E-state index in [0.717, 1.165) is 0 Å². The van der Waals surface area contributed by atoms with Crippen LogP contribution in [0, 0.1) is 5.92 Å². The zero-order chi connectivity index (χ0) is 15.1. The average molecular weight is 282 g/mol. The van der Waals surface area contributed by atoms with Gasteiger partial charge in [0.25, 0.3) is 0 Å². The highest BCUT2D eigenvalue weighted by atomic mass is 16.5. The van der Waals surface area contributed by atoms with Gasteiger partial charge in [-0.2, -0.15) is 15.0 Å². The molecule has 1 aromatic rings. The third-order valence-electron chi connectivity index (χ3n) is 2.44. The number of hydrogen-bond acceptors (Lipinski definition) is 7. The number of carbonyl (C=O) groups excluding carboxylic acids is 1. The summed E-state index contributed by atoms with van der Waals surface area (Å²) in [6.07, 6.45) is 0. The Bertz CT molecular complexity index is 429. The standard InChI is InChI=1S/C12H22N6O2/c1-8(2)6-14-9(19)7-18(4)11-15-10(13-3)16-12(17-11)20-5/h8H,6-7H2,1-5H3,(H,14,19)(H,13,15,16,17). The summed E-state index contributed by atoms with van der Waals surface area (Å²) in [5.41, 5.74) is 0. The second-order valence-corrected chi connectivity index (χ2v) is 4.75. The minimum Gasteiger partial charge on any atom is -0.467 e. The molecule has 0 radical (unpaired) electrons. The number of nitrogens with one attached hydrogen (secondary N) is 2. The van der Waals surface area contributed by atoms with Crippen LogP contribution in [-0.2, 0) is 4.79 Å². The summed E-state index contributed by atoms with van der Waals surface area (Å²) in [5, 5.41) is 5.66. The first-order valence-corrected chi connectivity index (χ1v) is 6.42. The number of hydrogen-bond donors (Lipinski definition) is 2. The van der Waals surface area contributed by atoms with E-state index in [2.05, 4.69) is 25.6 Å². The van der Waals surface area contributed by atoms with Crippen molar-refractivity contribution in [3.8, 4) is 6.01 Å². The molecule has 0 unspecified atom stereocenters. The molecule has 1 aromatic heterocycles. The quantitative estimate of drug-likeness (QED) is 0.734. The summed E-state index contributed by atoms with van der Waals surface area (Å²) < 4.78 is 5.00. The molecule has 20 heavy (non-hydrogen) atoms. The predicted octanol–water partition coefficient (Wildman–Crippen LogP) is 0.130.